The minimum absolute atomic E-state index is 0.281. The van der Waals surface area contributed by atoms with E-state index in [0.717, 1.165) is 21.8 Å². The van der Waals surface area contributed by atoms with E-state index in [1.807, 2.05) is 75.6 Å². The fourth-order valence-electron chi connectivity index (χ4n) is 2.55. The molecular formula is C21H27NO3S. The molecule has 4 nitrogen and oxygen atoms in total. The summed E-state index contributed by atoms with van der Waals surface area (Å²) in [7, 11) is 1.67. The molecule has 2 aromatic carbocycles. The van der Waals surface area contributed by atoms with E-state index in [4.69, 9.17) is 9.47 Å². The van der Waals surface area contributed by atoms with Gasteiger partial charge in [-0.2, -0.15) is 0 Å². The number of carbonyl (C=O) groups excluding carboxylic acids is 1. The van der Waals surface area contributed by atoms with E-state index in [1.165, 1.54) is 0 Å². The van der Waals surface area contributed by atoms with Crippen molar-refractivity contribution in [2.75, 3.05) is 13.4 Å². The minimum atomic E-state index is -0.533. The van der Waals surface area contributed by atoms with Crippen LogP contribution in [0.15, 0.2) is 53.4 Å². The predicted octanol–water partition coefficient (Wildman–Crippen LogP) is 4.59. The largest absolute Gasteiger partial charge is 0.496 e. The molecular weight excluding hydrogens is 346 g/mol. The van der Waals surface area contributed by atoms with E-state index < -0.39 is 11.6 Å². The Labute approximate surface area is 160 Å². The smallest absolute Gasteiger partial charge is 0.328 e. The molecule has 26 heavy (non-hydrogen) atoms. The Bertz CT molecular complexity index is 726. The van der Waals surface area contributed by atoms with Crippen molar-refractivity contribution in [2.45, 2.75) is 43.9 Å². The number of hydrogen-bond acceptors (Lipinski definition) is 5. The number of esters is 1. The average molecular weight is 374 g/mol. The average Bonchev–Trinajstić information content (AvgIpc) is 2.61. The van der Waals surface area contributed by atoms with Gasteiger partial charge in [-0.3, -0.25) is 5.32 Å². The zero-order valence-corrected chi connectivity index (χ0v) is 16.9. The zero-order chi connectivity index (χ0) is 19.2. The number of rotatable bonds is 7. The maximum atomic E-state index is 12.7. The van der Waals surface area contributed by atoms with Crippen LogP contribution in [0.2, 0.25) is 0 Å². The number of nitrogens with one attached hydrogen (secondary N) is 1. The van der Waals surface area contributed by atoms with Crippen LogP contribution in [0, 0.1) is 0 Å². The predicted molar refractivity (Wildman–Crippen MR) is 107 cm³/mol. The van der Waals surface area contributed by atoms with Crippen LogP contribution in [0.4, 0.5) is 0 Å². The fourth-order valence-corrected chi connectivity index (χ4v) is 3.10. The fraction of sp³-hybridized carbons (Fsp3) is 0.381. The van der Waals surface area contributed by atoms with Crippen LogP contribution in [0.5, 0.6) is 5.75 Å². The van der Waals surface area contributed by atoms with E-state index >= 15 is 0 Å². The van der Waals surface area contributed by atoms with Crippen molar-refractivity contribution < 1.29 is 14.3 Å². The van der Waals surface area contributed by atoms with Gasteiger partial charge in [-0.05, 0) is 50.3 Å². The lowest BCUT2D eigenvalue weighted by Gasteiger charge is -2.25. The van der Waals surface area contributed by atoms with E-state index in [2.05, 4.69) is 5.32 Å². The summed E-state index contributed by atoms with van der Waals surface area (Å²) in [6.45, 7) is 6.15. The molecule has 0 aromatic heterocycles. The second-order valence-corrected chi connectivity index (χ2v) is 7.80. The summed E-state index contributed by atoms with van der Waals surface area (Å²) in [5, 5.41) is 3.33. The molecule has 5 heteroatoms. The number of benzene rings is 2. The summed E-state index contributed by atoms with van der Waals surface area (Å²) in [6.07, 6.45) is 2.02. The molecule has 2 aromatic rings. The van der Waals surface area contributed by atoms with E-state index in [-0.39, 0.29) is 5.97 Å². The number of hydrogen-bond donors (Lipinski definition) is 1. The van der Waals surface area contributed by atoms with E-state index in [9.17, 15) is 4.79 Å². The van der Waals surface area contributed by atoms with Gasteiger partial charge in [0.05, 0.1) is 7.11 Å². The third kappa shape index (κ3) is 5.78. The molecule has 0 saturated carbocycles. The highest BCUT2D eigenvalue weighted by Crippen LogP contribution is 2.28. The third-order valence-corrected chi connectivity index (χ3v) is 4.51. The first-order valence-electron chi connectivity index (χ1n) is 8.56. The number of thioether (sulfide) groups is 1. The topological polar surface area (TPSA) is 47.6 Å². The van der Waals surface area contributed by atoms with Crippen molar-refractivity contribution in [3.63, 3.8) is 0 Å². The molecule has 0 aliphatic rings. The Morgan fingerprint density at radius 2 is 1.85 bits per heavy atom. The Morgan fingerprint density at radius 3 is 2.42 bits per heavy atom. The first-order chi connectivity index (χ1) is 12.3. The summed E-state index contributed by atoms with van der Waals surface area (Å²) in [4.78, 5) is 13.8. The van der Waals surface area contributed by atoms with Gasteiger partial charge in [0.15, 0.2) is 0 Å². The quantitative estimate of drug-likeness (QED) is 0.568. The van der Waals surface area contributed by atoms with Gasteiger partial charge in [0.25, 0.3) is 0 Å². The number of ether oxygens (including phenoxy) is 2. The first kappa shape index (κ1) is 20.3. The summed E-state index contributed by atoms with van der Waals surface area (Å²) in [5.41, 5.74) is 1.40. The standard InChI is InChI=1S/C21H27NO3S/c1-21(2,3)25-20(23)19(16-9-7-6-8-10-16)22-14-15-11-12-18(26-5)17(13-15)24-4/h6-13,19,22H,14H2,1-5H3/t19-/m1/s1. The highest BCUT2D eigenvalue weighted by Gasteiger charge is 2.26. The Hall–Kier alpha value is -1.98. The molecule has 140 valence electrons. The van der Waals surface area contributed by atoms with Gasteiger partial charge in [-0.15, -0.1) is 11.8 Å². The molecule has 2 rings (SSSR count). The molecule has 0 spiro atoms. The monoisotopic (exact) mass is 373 g/mol. The minimum Gasteiger partial charge on any atom is -0.496 e. The number of methoxy groups -OCH3 is 1. The number of carbonyl (C=O) groups is 1. The van der Waals surface area contributed by atoms with Crippen molar-refractivity contribution in [1.29, 1.82) is 0 Å². The maximum Gasteiger partial charge on any atom is 0.328 e. The van der Waals surface area contributed by atoms with Crippen LogP contribution in [0.1, 0.15) is 37.9 Å². The summed E-state index contributed by atoms with van der Waals surface area (Å²) >= 11 is 1.64. The van der Waals surface area contributed by atoms with Crippen molar-refractivity contribution in [1.82, 2.24) is 5.32 Å². The third-order valence-electron chi connectivity index (χ3n) is 3.73. The zero-order valence-electron chi connectivity index (χ0n) is 16.0. The Morgan fingerprint density at radius 1 is 1.15 bits per heavy atom. The molecule has 0 heterocycles. The molecule has 0 unspecified atom stereocenters. The van der Waals surface area contributed by atoms with Crippen molar-refractivity contribution in [3.05, 3.63) is 59.7 Å². The molecule has 0 aliphatic heterocycles. The lowest BCUT2D eigenvalue weighted by Crippen LogP contribution is -2.34. The van der Waals surface area contributed by atoms with E-state index in [0.29, 0.717) is 6.54 Å². The van der Waals surface area contributed by atoms with Gasteiger partial charge in [-0.25, -0.2) is 4.79 Å². The summed E-state index contributed by atoms with van der Waals surface area (Å²) in [6, 6.07) is 15.2. The molecule has 0 saturated heterocycles. The van der Waals surface area contributed by atoms with Gasteiger partial charge >= 0.3 is 5.97 Å². The SMILES string of the molecule is COc1cc(CN[C@@H](C(=O)OC(C)(C)C)c2ccccc2)ccc1SC. The lowest BCUT2D eigenvalue weighted by atomic mass is 10.1. The first-order valence-corrected chi connectivity index (χ1v) is 9.78. The van der Waals surface area contributed by atoms with Crippen LogP contribution >= 0.6 is 11.8 Å². The molecule has 0 fully saturated rings. The Kier molecular flexibility index (Phi) is 7.12. The van der Waals surface area contributed by atoms with Crippen LogP contribution in [-0.4, -0.2) is 24.9 Å². The van der Waals surface area contributed by atoms with E-state index in [1.54, 1.807) is 18.9 Å². The lowest BCUT2D eigenvalue weighted by molar-refractivity contribution is -0.157. The molecule has 1 atom stereocenters. The molecule has 0 amide bonds. The molecule has 1 N–H and O–H groups in total. The van der Waals surface area contributed by atoms with Gasteiger partial charge in [0.2, 0.25) is 0 Å². The highest BCUT2D eigenvalue weighted by molar-refractivity contribution is 7.98. The van der Waals surface area contributed by atoms with Crippen LogP contribution in [0.3, 0.4) is 0 Å². The van der Waals surface area contributed by atoms with Crippen LogP contribution < -0.4 is 10.1 Å². The summed E-state index contributed by atoms with van der Waals surface area (Å²) < 4.78 is 11.0. The normalized spacial score (nSPS) is 12.5. The Balaban J connectivity index is 2.18. The highest BCUT2D eigenvalue weighted by atomic mass is 32.2. The maximum absolute atomic E-state index is 12.7. The van der Waals surface area contributed by atoms with Crippen molar-refractivity contribution in [3.8, 4) is 5.75 Å². The molecule has 0 bridgehead atoms. The summed E-state index contributed by atoms with van der Waals surface area (Å²) in [5.74, 6) is 0.557. The molecule has 0 radical (unpaired) electrons. The van der Waals surface area contributed by atoms with Crippen molar-refractivity contribution in [2.24, 2.45) is 0 Å². The second-order valence-electron chi connectivity index (χ2n) is 6.95. The molecule has 0 aliphatic carbocycles. The van der Waals surface area contributed by atoms with Gasteiger partial charge in [0, 0.05) is 11.4 Å². The van der Waals surface area contributed by atoms with Gasteiger partial charge in [0.1, 0.15) is 17.4 Å². The van der Waals surface area contributed by atoms with Crippen molar-refractivity contribution >= 4 is 17.7 Å². The second kappa shape index (κ2) is 9.10. The van der Waals surface area contributed by atoms with Crippen LogP contribution in [0.25, 0.3) is 0 Å². The van der Waals surface area contributed by atoms with Gasteiger partial charge in [-0.1, -0.05) is 36.4 Å². The van der Waals surface area contributed by atoms with Crippen LogP contribution in [-0.2, 0) is 16.1 Å². The van der Waals surface area contributed by atoms with Gasteiger partial charge < -0.3 is 9.47 Å².